The SMILES string of the molecule is Cc1nc(C)c(CNC2CCCN(c3ncccn3)C2)s1. The molecule has 0 spiro atoms. The molecule has 2 aromatic heterocycles. The summed E-state index contributed by atoms with van der Waals surface area (Å²) >= 11 is 1.79. The third-order valence-corrected chi connectivity index (χ3v) is 4.88. The van der Waals surface area contributed by atoms with Gasteiger partial charge in [-0.15, -0.1) is 11.3 Å². The van der Waals surface area contributed by atoms with Crippen molar-refractivity contribution in [3.63, 3.8) is 0 Å². The van der Waals surface area contributed by atoms with E-state index in [2.05, 4.69) is 39.0 Å². The van der Waals surface area contributed by atoms with Crippen LogP contribution in [0.1, 0.15) is 28.4 Å². The van der Waals surface area contributed by atoms with Gasteiger partial charge in [-0.1, -0.05) is 0 Å². The van der Waals surface area contributed by atoms with Gasteiger partial charge in [0.25, 0.3) is 0 Å². The summed E-state index contributed by atoms with van der Waals surface area (Å²) < 4.78 is 0. The van der Waals surface area contributed by atoms with Gasteiger partial charge in [0.15, 0.2) is 0 Å². The average Bonchev–Trinajstić information content (AvgIpc) is 2.84. The second-order valence-corrected chi connectivity index (χ2v) is 6.74. The predicted octanol–water partition coefficient (Wildman–Crippen LogP) is 2.31. The van der Waals surface area contributed by atoms with E-state index in [9.17, 15) is 0 Å². The van der Waals surface area contributed by atoms with Gasteiger partial charge in [0.2, 0.25) is 5.95 Å². The van der Waals surface area contributed by atoms with Crippen molar-refractivity contribution in [2.75, 3.05) is 18.0 Å². The molecule has 0 aliphatic carbocycles. The Labute approximate surface area is 129 Å². The maximum atomic E-state index is 4.49. The maximum absolute atomic E-state index is 4.49. The van der Waals surface area contributed by atoms with Crippen LogP contribution in [-0.4, -0.2) is 34.1 Å². The van der Waals surface area contributed by atoms with Crippen LogP contribution in [0, 0.1) is 13.8 Å². The van der Waals surface area contributed by atoms with Crippen LogP contribution >= 0.6 is 11.3 Å². The Balaban J connectivity index is 1.58. The Morgan fingerprint density at radius 1 is 1.33 bits per heavy atom. The minimum absolute atomic E-state index is 0.490. The van der Waals surface area contributed by atoms with E-state index in [1.54, 1.807) is 11.3 Å². The molecule has 1 N–H and O–H groups in total. The van der Waals surface area contributed by atoms with Crippen molar-refractivity contribution in [3.05, 3.63) is 34.0 Å². The number of rotatable bonds is 4. The summed E-state index contributed by atoms with van der Waals surface area (Å²) in [5.41, 5.74) is 1.16. The molecule has 1 aliphatic rings. The molecule has 2 aromatic rings. The topological polar surface area (TPSA) is 53.9 Å². The van der Waals surface area contributed by atoms with Crippen LogP contribution in [0.3, 0.4) is 0 Å². The first kappa shape index (κ1) is 14.4. The number of nitrogens with zero attached hydrogens (tertiary/aromatic N) is 4. The first-order valence-electron chi connectivity index (χ1n) is 7.40. The van der Waals surface area contributed by atoms with E-state index in [1.165, 1.54) is 17.7 Å². The molecule has 0 aromatic carbocycles. The summed E-state index contributed by atoms with van der Waals surface area (Å²) in [6, 6.07) is 2.35. The second-order valence-electron chi connectivity index (χ2n) is 5.46. The van der Waals surface area contributed by atoms with Crippen LogP contribution in [-0.2, 0) is 6.54 Å². The minimum atomic E-state index is 0.490. The fourth-order valence-electron chi connectivity index (χ4n) is 2.75. The van der Waals surface area contributed by atoms with Crippen molar-refractivity contribution in [2.45, 2.75) is 39.3 Å². The summed E-state index contributed by atoms with van der Waals surface area (Å²) in [4.78, 5) is 16.8. The van der Waals surface area contributed by atoms with Crippen molar-refractivity contribution in [1.82, 2.24) is 20.3 Å². The molecule has 1 unspecified atom stereocenters. The number of aromatic nitrogens is 3. The molecule has 0 saturated carbocycles. The van der Waals surface area contributed by atoms with Crippen LogP contribution in [0.25, 0.3) is 0 Å². The zero-order valence-corrected chi connectivity index (χ0v) is 13.4. The third-order valence-electron chi connectivity index (χ3n) is 3.81. The highest BCUT2D eigenvalue weighted by Gasteiger charge is 2.21. The normalized spacial score (nSPS) is 19.0. The van der Waals surface area contributed by atoms with E-state index in [1.807, 2.05) is 18.5 Å². The van der Waals surface area contributed by atoms with E-state index in [0.717, 1.165) is 36.3 Å². The molecule has 0 bridgehead atoms. The van der Waals surface area contributed by atoms with Gasteiger partial charge in [-0.25, -0.2) is 15.0 Å². The summed E-state index contributed by atoms with van der Waals surface area (Å²) in [5, 5.41) is 4.81. The molecule has 112 valence electrons. The van der Waals surface area contributed by atoms with E-state index in [-0.39, 0.29) is 0 Å². The number of aryl methyl sites for hydroxylation is 2. The quantitative estimate of drug-likeness (QED) is 0.939. The van der Waals surface area contributed by atoms with Crippen LogP contribution in [0.5, 0.6) is 0 Å². The number of nitrogens with one attached hydrogen (secondary N) is 1. The Hall–Kier alpha value is -1.53. The van der Waals surface area contributed by atoms with Crippen molar-refractivity contribution >= 4 is 17.3 Å². The standard InChI is InChI=1S/C15H21N5S/c1-11-14(21-12(2)19-11)9-18-13-5-3-8-20(10-13)15-16-6-4-7-17-15/h4,6-7,13,18H,3,5,8-10H2,1-2H3. The second kappa shape index (κ2) is 6.49. The lowest BCUT2D eigenvalue weighted by atomic mass is 10.1. The van der Waals surface area contributed by atoms with Crippen molar-refractivity contribution in [1.29, 1.82) is 0 Å². The number of thiazole rings is 1. The number of anilines is 1. The lowest BCUT2D eigenvalue weighted by Gasteiger charge is -2.33. The molecule has 0 amide bonds. The molecule has 0 radical (unpaired) electrons. The summed E-state index contributed by atoms with van der Waals surface area (Å²) in [5.74, 6) is 0.841. The van der Waals surface area contributed by atoms with Gasteiger partial charge < -0.3 is 10.2 Å². The van der Waals surface area contributed by atoms with E-state index in [0.29, 0.717) is 6.04 Å². The largest absolute Gasteiger partial charge is 0.339 e. The fourth-order valence-corrected chi connectivity index (χ4v) is 3.64. The van der Waals surface area contributed by atoms with Crippen LogP contribution in [0.2, 0.25) is 0 Å². The zero-order chi connectivity index (χ0) is 14.7. The van der Waals surface area contributed by atoms with Gasteiger partial charge in [-0.05, 0) is 32.8 Å². The minimum Gasteiger partial charge on any atom is -0.339 e. The Morgan fingerprint density at radius 3 is 2.86 bits per heavy atom. The molecule has 1 aliphatic heterocycles. The van der Waals surface area contributed by atoms with Gasteiger partial charge in [0, 0.05) is 42.9 Å². The molecule has 1 atom stereocenters. The fraction of sp³-hybridized carbons (Fsp3) is 0.533. The monoisotopic (exact) mass is 303 g/mol. The number of hydrogen-bond donors (Lipinski definition) is 1. The highest BCUT2D eigenvalue weighted by Crippen LogP contribution is 2.19. The molecular formula is C15H21N5S. The van der Waals surface area contributed by atoms with Crippen LogP contribution in [0.15, 0.2) is 18.5 Å². The zero-order valence-electron chi connectivity index (χ0n) is 12.5. The highest BCUT2D eigenvalue weighted by atomic mass is 32.1. The Bertz CT molecular complexity index is 583. The molecule has 5 nitrogen and oxygen atoms in total. The van der Waals surface area contributed by atoms with Gasteiger partial charge in [-0.3, -0.25) is 0 Å². The first-order chi connectivity index (χ1) is 10.2. The first-order valence-corrected chi connectivity index (χ1v) is 8.22. The van der Waals surface area contributed by atoms with E-state index >= 15 is 0 Å². The molecule has 1 saturated heterocycles. The molecule has 21 heavy (non-hydrogen) atoms. The molecule has 6 heteroatoms. The van der Waals surface area contributed by atoms with Crippen molar-refractivity contribution < 1.29 is 0 Å². The third kappa shape index (κ3) is 3.57. The van der Waals surface area contributed by atoms with Crippen molar-refractivity contribution in [2.24, 2.45) is 0 Å². The summed E-state index contributed by atoms with van der Waals surface area (Å²) in [6.07, 6.45) is 6.00. The van der Waals surface area contributed by atoms with Gasteiger partial charge in [0.05, 0.1) is 10.7 Å². The molecule has 3 rings (SSSR count). The molecule has 1 fully saturated rings. The van der Waals surface area contributed by atoms with E-state index < -0.39 is 0 Å². The molecule has 3 heterocycles. The average molecular weight is 303 g/mol. The smallest absolute Gasteiger partial charge is 0.225 e. The van der Waals surface area contributed by atoms with E-state index in [4.69, 9.17) is 0 Å². The summed E-state index contributed by atoms with van der Waals surface area (Å²) in [7, 11) is 0. The van der Waals surface area contributed by atoms with Gasteiger partial charge >= 0.3 is 0 Å². The molecular weight excluding hydrogens is 282 g/mol. The number of hydrogen-bond acceptors (Lipinski definition) is 6. The van der Waals surface area contributed by atoms with Crippen LogP contribution < -0.4 is 10.2 Å². The maximum Gasteiger partial charge on any atom is 0.225 e. The lowest BCUT2D eigenvalue weighted by Crippen LogP contribution is -2.46. The highest BCUT2D eigenvalue weighted by molar-refractivity contribution is 7.11. The Morgan fingerprint density at radius 2 is 2.14 bits per heavy atom. The van der Waals surface area contributed by atoms with Crippen molar-refractivity contribution in [3.8, 4) is 0 Å². The number of piperidine rings is 1. The Kier molecular flexibility index (Phi) is 4.45. The summed E-state index contributed by atoms with van der Waals surface area (Å²) in [6.45, 7) is 7.08. The van der Waals surface area contributed by atoms with Gasteiger partial charge in [0.1, 0.15) is 0 Å². The van der Waals surface area contributed by atoms with Crippen LogP contribution in [0.4, 0.5) is 5.95 Å². The predicted molar refractivity (Wildman–Crippen MR) is 85.7 cm³/mol. The van der Waals surface area contributed by atoms with Gasteiger partial charge in [-0.2, -0.15) is 0 Å². The lowest BCUT2D eigenvalue weighted by molar-refractivity contribution is 0.419.